The molecule has 0 aliphatic heterocycles. The standard InChI is InChI=1S/2C8H20O2Si/c1-5-7-11(9-3,10-4)8-6-2;1-5-9-11(7-3,8-4)10-6-2/h2*5-8H2,1-4H3. The first-order chi connectivity index (χ1) is 10.5. The fraction of sp³-hybridized carbons (Fsp3) is 1.00. The summed E-state index contributed by atoms with van der Waals surface area (Å²) in [5, 5.41) is 0. The van der Waals surface area contributed by atoms with Gasteiger partial charge in [-0.25, -0.2) is 0 Å². The highest BCUT2D eigenvalue weighted by Gasteiger charge is 2.33. The molecule has 0 amide bonds. The van der Waals surface area contributed by atoms with Crippen molar-refractivity contribution in [2.45, 2.75) is 78.6 Å². The van der Waals surface area contributed by atoms with Crippen LogP contribution in [0, 0.1) is 0 Å². The molecule has 0 aliphatic rings. The fourth-order valence-electron chi connectivity index (χ4n) is 2.60. The van der Waals surface area contributed by atoms with Gasteiger partial charge < -0.3 is 17.7 Å². The van der Waals surface area contributed by atoms with E-state index in [1.165, 1.54) is 0 Å². The van der Waals surface area contributed by atoms with Gasteiger partial charge in [0, 0.05) is 27.4 Å². The van der Waals surface area contributed by atoms with E-state index in [9.17, 15) is 0 Å². The van der Waals surface area contributed by atoms with E-state index in [0.29, 0.717) is 0 Å². The second kappa shape index (κ2) is 14.8. The average molecular weight is 353 g/mol. The van der Waals surface area contributed by atoms with Crippen LogP contribution in [-0.4, -0.2) is 44.6 Å². The van der Waals surface area contributed by atoms with Gasteiger partial charge in [-0.15, -0.1) is 0 Å². The minimum Gasteiger partial charge on any atom is -0.398 e. The summed E-state index contributed by atoms with van der Waals surface area (Å²) in [4.78, 5) is 0. The molecule has 0 N–H and O–H groups in total. The van der Waals surface area contributed by atoms with Crippen molar-refractivity contribution < 1.29 is 17.7 Å². The Morgan fingerprint density at radius 2 is 0.955 bits per heavy atom. The molecule has 0 saturated carbocycles. The lowest BCUT2D eigenvalue weighted by Crippen LogP contribution is -2.40. The van der Waals surface area contributed by atoms with E-state index in [1.807, 2.05) is 13.8 Å². The maximum absolute atomic E-state index is 5.68. The molecule has 4 nitrogen and oxygen atoms in total. The first kappa shape index (κ1) is 24.5. The summed E-state index contributed by atoms with van der Waals surface area (Å²) in [6.07, 6.45) is 2.32. The van der Waals surface area contributed by atoms with Crippen LogP contribution < -0.4 is 0 Å². The summed E-state index contributed by atoms with van der Waals surface area (Å²) < 4.78 is 22.3. The predicted octanol–water partition coefficient (Wildman–Crippen LogP) is 5.08. The van der Waals surface area contributed by atoms with Crippen LogP contribution in [0.2, 0.25) is 24.2 Å². The largest absolute Gasteiger partial charge is 0.398 e. The summed E-state index contributed by atoms with van der Waals surface area (Å²) in [7, 11) is 0.0707. The highest BCUT2D eigenvalue weighted by Crippen LogP contribution is 2.20. The highest BCUT2D eigenvalue weighted by atomic mass is 28.4. The topological polar surface area (TPSA) is 36.9 Å². The van der Waals surface area contributed by atoms with Gasteiger partial charge in [0.05, 0.1) is 0 Å². The molecule has 0 heterocycles. The van der Waals surface area contributed by atoms with Gasteiger partial charge in [0.25, 0.3) is 0 Å². The van der Waals surface area contributed by atoms with E-state index < -0.39 is 17.1 Å². The van der Waals surface area contributed by atoms with Crippen molar-refractivity contribution >= 4 is 17.1 Å². The lowest BCUT2D eigenvalue weighted by molar-refractivity contribution is 0.185. The smallest absolute Gasteiger partial charge is 0.337 e. The molecule has 0 fully saturated rings. The Labute approximate surface area is 141 Å². The third kappa shape index (κ3) is 9.42. The van der Waals surface area contributed by atoms with Crippen molar-refractivity contribution in [2.24, 2.45) is 0 Å². The Morgan fingerprint density at radius 1 is 0.591 bits per heavy atom. The van der Waals surface area contributed by atoms with Crippen molar-refractivity contribution in [3.8, 4) is 0 Å². The summed E-state index contributed by atoms with van der Waals surface area (Å²) in [6, 6.07) is 4.36. The minimum atomic E-state index is -1.74. The normalized spacial score (nSPS) is 12.0. The monoisotopic (exact) mass is 352 g/mol. The van der Waals surface area contributed by atoms with Crippen molar-refractivity contribution in [3.63, 3.8) is 0 Å². The molecule has 6 heteroatoms. The molecule has 0 atom stereocenters. The molecule has 22 heavy (non-hydrogen) atoms. The zero-order valence-electron chi connectivity index (χ0n) is 16.3. The Hall–Kier alpha value is 0.274. The van der Waals surface area contributed by atoms with Gasteiger partial charge in [-0.1, -0.05) is 40.5 Å². The van der Waals surface area contributed by atoms with Gasteiger partial charge in [0.1, 0.15) is 0 Å². The number of hydrogen-bond donors (Lipinski definition) is 0. The third-order valence-corrected chi connectivity index (χ3v) is 11.7. The minimum absolute atomic E-state index is 0.786. The summed E-state index contributed by atoms with van der Waals surface area (Å²) >= 11 is 0. The molecular weight excluding hydrogens is 312 g/mol. The van der Waals surface area contributed by atoms with E-state index in [0.717, 1.165) is 50.2 Å². The van der Waals surface area contributed by atoms with E-state index in [-0.39, 0.29) is 0 Å². The molecule has 136 valence electrons. The van der Waals surface area contributed by atoms with Gasteiger partial charge >= 0.3 is 17.1 Å². The maximum Gasteiger partial charge on any atom is 0.337 e. The Kier molecular flexibility index (Phi) is 16.5. The molecule has 0 radical (unpaired) electrons. The van der Waals surface area contributed by atoms with Crippen LogP contribution in [-0.2, 0) is 17.7 Å². The molecule has 0 unspecified atom stereocenters. The van der Waals surface area contributed by atoms with E-state index in [1.54, 1.807) is 14.2 Å². The molecule has 0 aliphatic carbocycles. The Bertz CT molecular complexity index is 192. The van der Waals surface area contributed by atoms with Crippen LogP contribution in [0.15, 0.2) is 0 Å². The number of hydrogen-bond acceptors (Lipinski definition) is 4. The van der Waals surface area contributed by atoms with E-state index in [4.69, 9.17) is 17.7 Å². The Morgan fingerprint density at radius 3 is 1.14 bits per heavy atom. The zero-order chi connectivity index (χ0) is 17.5. The lowest BCUT2D eigenvalue weighted by Gasteiger charge is -2.27. The van der Waals surface area contributed by atoms with Crippen molar-refractivity contribution in [2.75, 3.05) is 27.4 Å². The van der Waals surface area contributed by atoms with Crippen LogP contribution >= 0.6 is 0 Å². The van der Waals surface area contributed by atoms with Crippen molar-refractivity contribution in [1.82, 2.24) is 0 Å². The van der Waals surface area contributed by atoms with Gasteiger partial charge in [-0.3, -0.25) is 0 Å². The molecule has 0 saturated heterocycles. The molecule has 0 aromatic carbocycles. The van der Waals surface area contributed by atoms with Crippen molar-refractivity contribution in [3.05, 3.63) is 0 Å². The van der Waals surface area contributed by atoms with Gasteiger partial charge in [0.15, 0.2) is 0 Å². The molecule has 0 bridgehead atoms. The summed E-state index contributed by atoms with van der Waals surface area (Å²) in [5.74, 6) is 0. The number of rotatable bonds is 12. The second-order valence-electron chi connectivity index (χ2n) is 5.30. The highest BCUT2D eigenvalue weighted by molar-refractivity contribution is 6.67. The summed E-state index contributed by atoms with van der Waals surface area (Å²) in [5.41, 5.74) is 0. The second-order valence-corrected chi connectivity index (χ2v) is 12.8. The van der Waals surface area contributed by atoms with Crippen LogP contribution in [0.4, 0.5) is 0 Å². The predicted molar refractivity (Wildman–Crippen MR) is 99.9 cm³/mol. The third-order valence-electron chi connectivity index (χ3n) is 3.90. The molecule has 0 aromatic rings. The molecule has 0 rings (SSSR count). The Balaban J connectivity index is 0. The van der Waals surface area contributed by atoms with Gasteiger partial charge in [0.2, 0.25) is 0 Å². The average Bonchev–Trinajstić information content (AvgIpc) is 2.55. The summed E-state index contributed by atoms with van der Waals surface area (Å²) in [6.45, 7) is 14.3. The van der Waals surface area contributed by atoms with E-state index >= 15 is 0 Å². The SMILES string of the molecule is CCC[Si](CCC)(OC)OC.CCO[Si](CC)(CC)OCC. The van der Waals surface area contributed by atoms with Crippen LogP contribution in [0.5, 0.6) is 0 Å². The fourth-order valence-corrected chi connectivity index (χ4v) is 7.81. The van der Waals surface area contributed by atoms with Gasteiger partial charge in [-0.05, 0) is 38.0 Å². The van der Waals surface area contributed by atoms with Crippen LogP contribution in [0.1, 0.15) is 54.4 Å². The first-order valence-electron chi connectivity index (χ1n) is 8.87. The quantitative estimate of drug-likeness (QED) is 0.459. The first-order valence-corrected chi connectivity index (χ1v) is 13.3. The van der Waals surface area contributed by atoms with Crippen LogP contribution in [0.3, 0.4) is 0 Å². The van der Waals surface area contributed by atoms with Crippen molar-refractivity contribution in [1.29, 1.82) is 0 Å². The lowest BCUT2D eigenvalue weighted by atomic mass is 10.6. The zero-order valence-corrected chi connectivity index (χ0v) is 18.3. The molecule has 0 spiro atoms. The maximum atomic E-state index is 5.68. The molecule has 0 aromatic heterocycles. The molecular formula is C16H40O4Si2. The van der Waals surface area contributed by atoms with E-state index in [2.05, 4.69) is 27.7 Å². The van der Waals surface area contributed by atoms with Crippen LogP contribution in [0.25, 0.3) is 0 Å². The van der Waals surface area contributed by atoms with Gasteiger partial charge in [-0.2, -0.15) is 0 Å².